The Morgan fingerprint density at radius 2 is 2.17 bits per heavy atom. The summed E-state index contributed by atoms with van der Waals surface area (Å²) >= 11 is 0. The van der Waals surface area contributed by atoms with Crippen molar-refractivity contribution in [1.82, 2.24) is 4.98 Å². The van der Waals surface area contributed by atoms with Crippen LogP contribution >= 0.6 is 0 Å². The number of carboxylic acid groups (broad SMARTS) is 1. The molecule has 0 saturated heterocycles. The zero-order valence-electron chi connectivity index (χ0n) is 10.2. The van der Waals surface area contributed by atoms with E-state index in [4.69, 9.17) is 15.6 Å². The molecule has 94 valence electrons. The van der Waals surface area contributed by atoms with Gasteiger partial charge in [-0.3, -0.25) is 0 Å². The molecule has 1 aromatic carbocycles. The lowest BCUT2D eigenvalue weighted by Gasteiger charge is -2.07. The van der Waals surface area contributed by atoms with Gasteiger partial charge in [0.15, 0.2) is 0 Å². The van der Waals surface area contributed by atoms with Gasteiger partial charge >= 0.3 is 5.97 Å². The van der Waals surface area contributed by atoms with Crippen LogP contribution in [0.1, 0.15) is 15.9 Å². The molecule has 0 aliphatic carbocycles. The summed E-state index contributed by atoms with van der Waals surface area (Å²) in [5.74, 6) is -0.285. The fourth-order valence-corrected chi connectivity index (χ4v) is 1.93. The SMILES string of the molecule is COc1ccc(-c2[nH]cc(N)c2C(=O)O)cc1C. The summed E-state index contributed by atoms with van der Waals surface area (Å²) in [4.78, 5) is 14.1. The van der Waals surface area contributed by atoms with Gasteiger partial charge in [0.05, 0.1) is 18.5 Å². The maximum atomic E-state index is 11.2. The number of carboxylic acids is 1. The molecule has 2 rings (SSSR count). The Morgan fingerprint density at radius 1 is 1.44 bits per heavy atom. The number of nitrogens with two attached hydrogens (primary N) is 1. The first-order valence-corrected chi connectivity index (χ1v) is 5.39. The number of rotatable bonds is 3. The van der Waals surface area contributed by atoms with Crippen LogP contribution in [0.2, 0.25) is 0 Å². The number of aromatic carboxylic acids is 1. The highest BCUT2D eigenvalue weighted by molar-refractivity contribution is 6.00. The summed E-state index contributed by atoms with van der Waals surface area (Å²) in [6.07, 6.45) is 1.48. The number of carbonyl (C=O) groups is 1. The summed E-state index contributed by atoms with van der Waals surface area (Å²) in [6, 6.07) is 5.45. The number of nitrogens with one attached hydrogen (secondary N) is 1. The molecule has 0 saturated carbocycles. The van der Waals surface area contributed by atoms with Crippen LogP contribution in [0, 0.1) is 6.92 Å². The lowest BCUT2D eigenvalue weighted by Crippen LogP contribution is -2.01. The lowest BCUT2D eigenvalue weighted by molar-refractivity contribution is 0.0699. The second-order valence-electron chi connectivity index (χ2n) is 3.98. The summed E-state index contributed by atoms with van der Waals surface area (Å²) in [7, 11) is 1.59. The number of hydrogen-bond acceptors (Lipinski definition) is 3. The molecule has 1 aromatic heterocycles. The summed E-state index contributed by atoms with van der Waals surface area (Å²) in [6.45, 7) is 1.90. The van der Waals surface area contributed by atoms with Gasteiger partial charge in [0, 0.05) is 6.20 Å². The van der Waals surface area contributed by atoms with Crippen molar-refractivity contribution in [2.75, 3.05) is 12.8 Å². The van der Waals surface area contributed by atoms with E-state index in [2.05, 4.69) is 4.98 Å². The van der Waals surface area contributed by atoms with Gasteiger partial charge in [0.25, 0.3) is 0 Å². The number of methoxy groups -OCH3 is 1. The predicted molar refractivity (Wildman–Crippen MR) is 68.9 cm³/mol. The van der Waals surface area contributed by atoms with Gasteiger partial charge < -0.3 is 20.6 Å². The largest absolute Gasteiger partial charge is 0.496 e. The Morgan fingerprint density at radius 3 is 2.72 bits per heavy atom. The molecule has 0 bridgehead atoms. The van der Waals surface area contributed by atoms with Crippen molar-refractivity contribution in [3.05, 3.63) is 35.5 Å². The minimum Gasteiger partial charge on any atom is -0.496 e. The zero-order chi connectivity index (χ0) is 13.3. The molecule has 0 atom stereocenters. The number of aryl methyl sites for hydroxylation is 1. The molecule has 5 heteroatoms. The van der Waals surface area contributed by atoms with Gasteiger partial charge in [-0.15, -0.1) is 0 Å². The molecular formula is C13H14N2O3. The molecule has 4 N–H and O–H groups in total. The quantitative estimate of drug-likeness (QED) is 0.775. The molecule has 0 fully saturated rings. The number of nitrogen functional groups attached to an aromatic ring is 1. The fraction of sp³-hybridized carbons (Fsp3) is 0.154. The Bertz CT molecular complexity index is 602. The van der Waals surface area contributed by atoms with E-state index in [9.17, 15) is 4.79 Å². The van der Waals surface area contributed by atoms with Crippen LogP contribution in [0.3, 0.4) is 0 Å². The lowest BCUT2D eigenvalue weighted by atomic mass is 10.0. The highest BCUT2D eigenvalue weighted by Crippen LogP contribution is 2.30. The third-order valence-electron chi connectivity index (χ3n) is 2.81. The van der Waals surface area contributed by atoms with Crippen LogP contribution < -0.4 is 10.5 Å². The molecule has 0 unspecified atom stereocenters. The van der Waals surface area contributed by atoms with Crippen LogP contribution in [0.4, 0.5) is 5.69 Å². The predicted octanol–water partition coefficient (Wildman–Crippen LogP) is 2.28. The third-order valence-corrected chi connectivity index (χ3v) is 2.81. The monoisotopic (exact) mass is 246 g/mol. The van der Waals surface area contributed by atoms with Gasteiger partial charge in [-0.25, -0.2) is 4.79 Å². The van der Waals surface area contributed by atoms with E-state index in [0.717, 1.165) is 16.9 Å². The van der Waals surface area contributed by atoms with Gasteiger partial charge in [0.2, 0.25) is 0 Å². The van der Waals surface area contributed by atoms with Crippen molar-refractivity contribution in [3.63, 3.8) is 0 Å². The summed E-state index contributed by atoms with van der Waals surface area (Å²) in [5.41, 5.74) is 8.16. The standard InChI is InChI=1S/C13H14N2O3/c1-7-5-8(3-4-10(7)18-2)12-11(13(16)17)9(14)6-15-12/h3-6,15H,14H2,1-2H3,(H,16,17). The van der Waals surface area contributed by atoms with E-state index in [1.54, 1.807) is 19.2 Å². The van der Waals surface area contributed by atoms with Crippen LogP contribution in [0.5, 0.6) is 5.75 Å². The molecule has 0 radical (unpaired) electrons. The number of anilines is 1. The van der Waals surface area contributed by atoms with Crippen LogP contribution in [-0.4, -0.2) is 23.2 Å². The molecule has 0 aliphatic heterocycles. The second kappa shape index (κ2) is 4.44. The zero-order valence-corrected chi connectivity index (χ0v) is 10.2. The van der Waals surface area contributed by atoms with Gasteiger partial charge in [-0.05, 0) is 36.2 Å². The fourth-order valence-electron chi connectivity index (χ4n) is 1.93. The van der Waals surface area contributed by atoms with E-state index in [-0.39, 0.29) is 11.3 Å². The van der Waals surface area contributed by atoms with Crippen molar-refractivity contribution in [2.24, 2.45) is 0 Å². The number of hydrogen-bond donors (Lipinski definition) is 3. The van der Waals surface area contributed by atoms with Crippen molar-refractivity contribution in [1.29, 1.82) is 0 Å². The first kappa shape index (κ1) is 12.0. The average molecular weight is 246 g/mol. The van der Waals surface area contributed by atoms with Crippen LogP contribution in [0.25, 0.3) is 11.3 Å². The molecular weight excluding hydrogens is 232 g/mol. The van der Waals surface area contributed by atoms with Crippen molar-refractivity contribution < 1.29 is 14.6 Å². The van der Waals surface area contributed by atoms with E-state index in [0.29, 0.717) is 5.69 Å². The van der Waals surface area contributed by atoms with Crippen molar-refractivity contribution in [3.8, 4) is 17.0 Å². The molecule has 18 heavy (non-hydrogen) atoms. The number of ether oxygens (including phenoxy) is 1. The van der Waals surface area contributed by atoms with Crippen molar-refractivity contribution in [2.45, 2.75) is 6.92 Å². The Labute approximate surface area is 104 Å². The highest BCUT2D eigenvalue weighted by Gasteiger charge is 2.17. The summed E-state index contributed by atoms with van der Waals surface area (Å²) in [5, 5.41) is 9.14. The van der Waals surface area contributed by atoms with Gasteiger partial charge in [-0.1, -0.05) is 0 Å². The molecule has 1 heterocycles. The maximum absolute atomic E-state index is 11.2. The highest BCUT2D eigenvalue weighted by atomic mass is 16.5. The number of aromatic amines is 1. The van der Waals surface area contributed by atoms with E-state index >= 15 is 0 Å². The first-order chi connectivity index (χ1) is 8.54. The van der Waals surface area contributed by atoms with E-state index in [1.165, 1.54) is 6.20 Å². The minimum atomic E-state index is -1.04. The first-order valence-electron chi connectivity index (χ1n) is 5.39. The number of aromatic nitrogens is 1. The third kappa shape index (κ3) is 1.90. The van der Waals surface area contributed by atoms with Gasteiger partial charge in [0.1, 0.15) is 11.3 Å². The molecule has 5 nitrogen and oxygen atoms in total. The van der Waals surface area contributed by atoms with Gasteiger partial charge in [-0.2, -0.15) is 0 Å². The second-order valence-corrected chi connectivity index (χ2v) is 3.98. The van der Waals surface area contributed by atoms with Crippen LogP contribution in [0.15, 0.2) is 24.4 Å². The number of H-pyrrole nitrogens is 1. The van der Waals surface area contributed by atoms with E-state index < -0.39 is 5.97 Å². The normalized spacial score (nSPS) is 10.3. The van der Waals surface area contributed by atoms with Crippen molar-refractivity contribution >= 4 is 11.7 Å². The maximum Gasteiger partial charge on any atom is 0.340 e. The molecule has 0 amide bonds. The van der Waals surface area contributed by atoms with E-state index in [1.807, 2.05) is 13.0 Å². The molecule has 2 aromatic rings. The molecule has 0 spiro atoms. The smallest absolute Gasteiger partial charge is 0.340 e. The van der Waals surface area contributed by atoms with Crippen LogP contribution in [-0.2, 0) is 0 Å². The average Bonchev–Trinajstić information content (AvgIpc) is 2.71. The Kier molecular flexibility index (Phi) is 2.97. The molecule has 0 aliphatic rings. The topological polar surface area (TPSA) is 88.3 Å². The minimum absolute atomic E-state index is 0.0968. The Hall–Kier alpha value is -2.43. The number of benzene rings is 1. The Balaban J connectivity index is 2.56. The summed E-state index contributed by atoms with van der Waals surface area (Å²) < 4.78 is 5.17.